The van der Waals surface area contributed by atoms with Gasteiger partial charge in [-0.05, 0) is 31.6 Å². The molecule has 60 valence electrons. The summed E-state index contributed by atoms with van der Waals surface area (Å²) in [6.45, 7) is 4.48. The lowest BCUT2D eigenvalue weighted by molar-refractivity contribution is 0.307. The van der Waals surface area contributed by atoms with Crippen molar-refractivity contribution in [3.63, 3.8) is 0 Å². The van der Waals surface area contributed by atoms with E-state index in [0.717, 1.165) is 0 Å². The third-order valence-electron chi connectivity index (χ3n) is 2.58. The third kappa shape index (κ3) is 2.16. The van der Waals surface area contributed by atoms with Crippen LogP contribution in [-0.2, 0) is 0 Å². The standard InChI is InChI=1S/C9H17Cl/c1-8(10)7-9(2)5-3-4-6-9/h8H,3-7H2,1-2H3. The van der Waals surface area contributed by atoms with Gasteiger partial charge in [-0.15, -0.1) is 11.6 Å². The van der Waals surface area contributed by atoms with Crippen LogP contribution < -0.4 is 0 Å². The molecule has 1 fully saturated rings. The van der Waals surface area contributed by atoms with Crippen molar-refractivity contribution in [1.82, 2.24) is 0 Å². The van der Waals surface area contributed by atoms with Crippen LogP contribution in [0.4, 0.5) is 0 Å². The van der Waals surface area contributed by atoms with E-state index in [1.165, 1.54) is 32.1 Å². The number of rotatable bonds is 2. The molecule has 1 heteroatoms. The van der Waals surface area contributed by atoms with Gasteiger partial charge in [-0.25, -0.2) is 0 Å². The first-order valence-corrected chi connectivity index (χ1v) is 4.70. The Kier molecular flexibility index (Phi) is 2.62. The highest BCUT2D eigenvalue weighted by Gasteiger charge is 2.29. The molecule has 1 atom stereocenters. The Hall–Kier alpha value is 0.290. The molecule has 0 spiro atoms. The van der Waals surface area contributed by atoms with Gasteiger partial charge in [0.1, 0.15) is 0 Å². The van der Waals surface area contributed by atoms with Crippen LogP contribution in [0, 0.1) is 5.41 Å². The highest BCUT2D eigenvalue weighted by Crippen LogP contribution is 2.41. The molecule has 0 aromatic rings. The van der Waals surface area contributed by atoms with Crippen molar-refractivity contribution in [2.24, 2.45) is 5.41 Å². The van der Waals surface area contributed by atoms with E-state index in [4.69, 9.17) is 11.6 Å². The molecular weight excluding hydrogens is 144 g/mol. The van der Waals surface area contributed by atoms with Gasteiger partial charge in [0.25, 0.3) is 0 Å². The Bertz CT molecular complexity index is 101. The van der Waals surface area contributed by atoms with Gasteiger partial charge >= 0.3 is 0 Å². The number of hydrogen-bond acceptors (Lipinski definition) is 0. The van der Waals surface area contributed by atoms with Gasteiger partial charge in [0.05, 0.1) is 0 Å². The maximum absolute atomic E-state index is 5.95. The Morgan fingerprint density at radius 2 is 1.90 bits per heavy atom. The van der Waals surface area contributed by atoms with Crippen LogP contribution in [0.3, 0.4) is 0 Å². The molecule has 0 aliphatic heterocycles. The van der Waals surface area contributed by atoms with E-state index in [0.29, 0.717) is 10.8 Å². The summed E-state index contributed by atoms with van der Waals surface area (Å²) in [5, 5.41) is 0.364. The number of hydrogen-bond donors (Lipinski definition) is 0. The van der Waals surface area contributed by atoms with E-state index < -0.39 is 0 Å². The van der Waals surface area contributed by atoms with Gasteiger partial charge in [-0.3, -0.25) is 0 Å². The average molecular weight is 161 g/mol. The predicted molar refractivity (Wildman–Crippen MR) is 46.5 cm³/mol. The minimum atomic E-state index is 0.364. The second kappa shape index (κ2) is 3.13. The summed E-state index contributed by atoms with van der Waals surface area (Å²) in [4.78, 5) is 0. The number of alkyl halides is 1. The number of halogens is 1. The first kappa shape index (κ1) is 8.39. The quantitative estimate of drug-likeness (QED) is 0.542. The molecular formula is C9H17Cl. The van der Waals surface area contributed by atoms with E-state index in [1.54, 1.807) is 0 Å². The molecule has 0 N–H and O–H groups in total. The third-order valence-corrected chi connectivity index (χ3v) is 2.74. The van der Waals surface area contributed by atoms with Gasteiger partial charge in [0, 0.05) is 5.38 Å². The molecule has 1 aliphatic rings. The average Bonchev–Trinajstić information content (AvgIpc) is 2.12. The van der Waals surface area contributed by atoms with Crippen molar-refractivity contribution < 1.29 is 0 Å². The fraction of sp³-hybridized carbons (Fsp3) is 1.00. The van der Waals surface area contributed by atoms with Crippen molar-refractivity contribution in [1.29, 1.82) is 0 Å². The second-order valence-corrected chi connectivity index (χ2v) is 4.75. The summed E-state index contributed by atoms with van der Waals surface area (Å²) in [5.74, 6) is 0. The predicted octanol–water partition coefficient (Wildman–Crippen LogP) is 3.58. The minimum absolute atomic E-state index is 0.364. The highest BCUT2D eigenvalue weighted by molar-refractivity contribution is 6.20. The fourth-order valence-corrected chi connectivity index (χ4v) is 2.48. The van der Waals surface area contributed by atoms with E-state index >= 15 is 0 Å². The summed E-state index contributed by atoms with van der Waals surface area (Å²) < 4.78 is 0. The first-order valence-electron chi connectivity index (χ1n) is 4.26. The SMILES string of the molecule is CC(Cl)CC1(C)CCCC1. The molecule has 0 heterocycles. The van der Waals surface area contributed by atoms with Gasteiger partial charge < -0.3 is 0 Å². The van der Waals surface area contributed by atoms with E-state index in [9.17, 15) is 0 Å². The minimum Gasteiger partial charge on any atom is -0.123 e. The largest absolute Gasteiger partial charge is 0.123 e. The molecule has 10 heavy (non-hydrogen) atoms. The Balaban J connectivity index is 2.36. The zero-order valence-corrected chi connectivity index (χ0v) is 7.75. The maximum Gasteiger partial charge on any atom is 0.0313 e. The van der Waals surface area contributed by atoms with Crippen molar-refractivity contribution in [3.05, 3.63) is 0 Å². The maximum atomic E-state index is 5.95. The Morgan fingerprint density at radius 3 is 2.30 bits per heavy atom. The molecule has 0 aromatic carbocycles. The van der Waals surface area contributed by atoms with Crippen molar-refractivity contribution >= 4 is 11.6 Å². The summed E-state index contributed by atoms with van der Waals surface area (Å²) in [6, 6.07) is 0. The summed E-state index contributed by atoms with van der Waals surface area (Å²) in [5.41, 5.74) is 0.584. The zero-order valence-electron chi connectivity index (χ0n) is 6.99. The monoisotopic (exact) mass is 160 g/mol. The molecule has 1 saturated carbocycles. The van der Waals surface area contributed by atoms with Crippen LogP contribution in [0.2, 0.25) is 0 Å². The van der Waals surface area contributed by atoms with E-state index in [-0.39, 0.29) is 0 Å². The summed E-state index contributed by atoms with van der Waals surface area (Å²) >= 11 is 5.95. The summed E-state index contributed by atoms with van der Waals surface area (Å²) in [6.07, 6.45) is 6.82. The molecule has 1 rings (SSSR count). The van der Waals surface area contributed by atoms with Crippen LogP contribution in [0.5, 0.6) is 0 Å². The molecule has 0 saturated heterocycles. The lowest BCUT2D eigenvalue weighted by atomic mass is 9.84. The Labute approximate surface area is 69.0 Å². The molecule has 0 nitrogen and oxygen atoms in total. The lowest BCUT2D eigenvalue weighted by Gasteiger charge is -2.24. The van der Waals surface area contributed by atoms with Crippen LogP contribution in [-0.4, -0.2) is 5.38 Å². The van der Waals surface area contributed by atoms with Gasteiger partial charge in [-0.2, -0.15) is 0 Å². The smallest absolute Gasteiger partial charge is 0.0313 e. The van der Waals surface area contributed by atoms with Crippen molar-refractivity contribution in [2.45, 2.75) is 51.3 Å². The van der Waals surface area contributed by atoms with Crippen LogP contribution in [0.1, 0.15) is 46.0 Å². The van der Waals surface area contributed by atoms with E-state index in [2.05, 4.69) is 13.8 Å². The highest BCUT2D eigenvalue weighted by atomic mass is 35.5. The Morgan fingerprint density at radius 1 is 1.40 bits per heavy atom. The van der Waals surface area contributed by atoms with Gasteiger partial charge in [0.15, 0.2) is 0 Å². The summed E-state index contributed by atoms with van der Waals surface area (Å²) in [7, 11) is 0. The van der Waals surface area contributed by atoms with Crippen molar-refractivity contribution in [3.8, 4) is 0 Å². The van der Waals surface area contributed by atoms with E-state index in [1.807, 2.05) is 0 Å². The second-order valence-electron chi connectivity index (χ2n) is 4.00. The fourth-order valence-electron chi connectivity index (χ4n) is 2.11. The first-order chi connectivity index (χ1) is 4.62. The normalized spacial score (nSPS) is 26.7. The van der Waals surface area contributed by atoms with Crippen LogP contribution in [0.25, 0.3) is 0 Å². The molecule has 0 bridgehead atoms. The zero-order chi connectivity index (χ0) is 7.61. The molecule has 0 aromatic heterocycles. The van der Waals surface area contributed by atoms with Crippen molar-refractivity contribution in [2.75, 3.05) is 0 Å². The molecule has 1 unspecified atom stereocenters. The topological polar surface area (TPSA) is 0 Å². The van der Waals surface area contributed by atoms with Crippen LogP contribution in [0.15, 0.2) is 0 Å². The lowest BCUT2D eigenvalue weighted by Crippen LogP contribution is -2.14. The molecule has 1 aliphatic carbocycles. The van der Waals surface area contributed by atoms with Crippen LogP contribution >= 0.6 is 11.6 Å². The molecule has 0 amide bonds. The van der Waals surface area contributed by atoms with Gasteiger partial charge in [0.2, 0.25) is 0 Å². The molecule has 0 radical (unpaired) electrons. The van der Waals surface area contributed by atoms with Gasteiger partial charge in [-0.1, -0.05) is 19.8 Å².